The van der Waals surface area contributed by atoms with Crippen molar-refractivity contribution >= 4 is 0 Å². The molecule has 3 rings (SSSR count). The second-order valence-electron chi connectivity index (χ2n) is 8.85. The Kier molecular flexibility index (Phi) is 3.23. The third kappa shape index (κ3) is 2.02. The predicted molar refractivity (Wildman–Crippen MR) is 87.6 cm³/mol. The Morgan fingerprint density at radius 2 is 1.85 bits per heavy atom. The van der Waals surface area contributed by atoms with Crippen molar-refractivity contribution in [1.82, 2.24) is 0 Å². The molecule has 3 atom stereocenters. The molecule has 0 aliphatic heterocycles. The zero-order chi connectivity index (χ0) is 14.6. The molecule has 0 radical (unpaired) electrons. The van der Waals surface area contributed by atoms with E-state index in [4.69, 9.17) is 0 Å². The smallest absolute Gasteiger partial charge is 0.0100 e. The third-order valence-electron chi connectivity index (χ3n) is 6.89. The molecule has 0 aromatic rings. The molecule has 1 saturated carbocycles. The molecule has 0 aromatic carbocycles. The van der Waals surface area contributed by atoms with Gasteiger partial charge in [0.15, 0.2) is 0 Å². The Morgan fingerprint density at radius 3 is 2.55 bits per heavy atom. The average Bonchev–Trinajstić information content (AvgIpc) is 2.37. The van der Waals surface area contributed by atoms with Gasteiger partial charge in [0, 0.05) is 5.41 Å². The van der Waals surface area contributed by atoms with Crippen LogP contribution in [0.4, 0.5) is 0 Å². The minimum Gasteiger partial charge on any atom is -0.0836 e. The molecule has 0 N–H and O–H groups in total. The third-order valence-corrected chi connectivity index (χ3v) is 6.89. The summed E-state index contributed by atoms with van der Waals surface area (Å²) in [6, 6.07) is 0. The molecule has 0 aromatic heterocycles. The van der Waals surface area contributed by atoms with Gasteiger partial charge in [0.2, 0.25) is 0 Å². The van der Waals surface area contributed by atoms with E-state index in [1.54, 1.807) is 5.57 Å². The normalized spacial score (nSPS) is 43.1. The van der Waals surface area contributed by atoms with E-state index in [2.05, 4.69) is 46.8 Å². The van der Waals surface area contributed by atoms with Crippen LogP contribution in [-0.4, -0.2) is 0 Å². The van der Waals surface area contributed by atoms with Crippen molar-refractivity contribution in [1.29, 1.82) is 0 Å². The van der Waals surface area contributed by atoms with Crippen molar-refractivity contribution < 1.29 is 0 Å². The minimum atomic E-state index is 0.389. The molecule has 0 heteroatoms. The topological polar surface area (TPSA) is 0 Å². The van der Waals surface area contributed by atoms with Gasteiger partial charge in [-0.3, -0.25) is 0 Å². The van der Waals surface area contributed by atoms with E-state index < -0.39 is 0 Å². The van der Waals surface area contributed by atoms with E-state index in [0.717, 1.165) is 5.92 Å². The van der Waals surface area contributed by atoms with Crippen LogP contribution in [0.2, 0.25) is 0 Å². The second-order valence-corrected chi connectivity index (χ2v) is 8.85. The van der Waals surface area contributed by atoms with Crippen molar-refractivity contribution in [3.8, 4) is 0 Å². The van der Waals surface area contributed by atoms with Crippen LogP contribution in [0.15, 0.2) is 23.3 Å². The Bertz CT molecular complexity index is 464. The highest BCUT2D eigenvalue weighted by molar-refractivity contribution is 5.40. The molecule has 0 bridgehead atoms. The van der Waals surface area contributed by atoms with Gasteiger partial charge in [-0.25, -0.2) is 0 Å². The molecule has 0 saturated heterocycles. The summed E-state index contributed by atoms with van der Waals surface area (Å²) >= 11 is 0. The molecule has 112 valence electrons. The number of fused-ring (bicyclic) bond motifs is 3. The predicted octanol–water partition coefficient (Wildman–Crippen LogP) is 6.29. The number of hydrogen-bond acceptors (Lipinski definition) is 0. The summed E-state index contributed by atoms with van der Waals surface area (Å²) in [4.78, 5) is 0. The van der Waals surface area contributed by atoms with E-state index in [-0.39, 0.29) is 0 Å². The summed E-state index contributed by atoms with van der Waals surface area (Å²) in [7, 11) is 0. The fraction of sp³-hybridized carbons (Fsp3) is 0.800. The van der Waals surface area contributed by atoms with Gasteiger partial charge in [0.1, 0.15) is 0 Å². The van der Waals surface area contributed by atoms with Gasteiger partial charge in [-0.1, -0.05) is 70.8 Å². The van der Waals surface area contributed by atoms with Crippen LogP contribution in [0.3, 0.4) is 0 Å². The first-order valence-electron chi connectivity index (χ1n) is 8.72. The van der Waals surface area contributed by atoms with Gasteiger partial charge >= 0.3 is 0 Å². The zero-order valence-electron chi connectivity index (χ0n) is 14.2. The van der Waals surface area contributed by atoms with Crippen LogP contribution < -0.4 is 0 Å². The molecule has 0 nitrogen and oxygen atoms in total. The van der Waals surface area contributed by atoms with Crippen molar-refractivity contribution in [2.45, 2.75) is 79.6 Å². The minimum absolute atomic E-state index is 0.389. The molecule has 20 heavy (non-hydrogen) atoms. The summed E-state index contributed by atoms with van der Waals surface area (Å²) in [6.07, 6.45) is 14.8. The van der Waals surface area contributed by atoms with Crippen molar-refractivity contribution in [3.05, 3.63) is 23.3 Å². The van der Waals surface area contributed by atoms with E-state index in [0.29, 0.717) is 16.2 Å². The summed E-state index contributed by atoms with van der Waals surface area (Å²) in [5, 5.41) is 0. The van der Waals surface area contributed by atoms with Crippen LogP contribution in [-0.2, 0) is 0 Å². The zero-order valence-corrected chi connectivity index (χ0v) is 14.2. The summed E-state index contributed by atoms with van der Waals surface area (Å²) < 4.78 is 0. The van der Waals surface area contributed by atoms with Crippen LogP contribution in [0.5, 0.6) is 0 Å². The van der Waals surface area contributed by atoms with E-state index in [1.807, 2.05) is 5.57 Å². The molecular weight excluding hydrogens is 240 g/mol. The van der Waals surface area contributed by atoms with E-state index >= 15 is 0 Å². The summed E-state index contributed by atoms with van der Waals surface area (Å²) in [5.74, 6) is 0.830. The molecule has 0 heterocycles. The van der Waals surface area contributed by atoms with Gasteiger partial charge in [0.05, 0.1) is 0 Å². The van der Waals surface area contributed by atoms with Crippen molar-refractivity contribution in [3.63, 3.8) is 0 Å². The van der Waals surface area contributed by atoms with Crippen LogP contribution in [0, 0.1) is 22.2 Å². The van der Waals surface area contributed by atoms with Crippen LogP contribution in [0.25, 0.3) is 0 Å². The standard InChI is InChI=1S/C20H32/c1-6-19(4)13-10-16-15(14-19)8-9-17-18(2,3)11-7-12-20(16,17)5/h9-10,15H,6-8,11-14H2,1-5H3/t15?,19?,20-/m1/s1. The van der Waals surface area contributed by atoms with E-state index in [9.17, 15) is 0 Å². The highest BCUT2D eigenvalue weighted by Crippen LogP contribution is 2.61. The lowest BCUT2D eigenvalue weighted by atomic mass is 9.51. The lowest BCUT2D eigenvalue weighted by Gasteiger charge is -2.54. The maximum Gasteiger partial charge on any atom is 0.0100 e. The highest BCUT2D eigenvalue weighted by atomic mass is 14.5. The van der Waals surface area contributed by atoms with Crippen LogP contribution >= 0.6 is 0 Å². The molecule has 1 fully saturated rings. The molecule has 0 spiro atoms. The lowest BCUT2D eigenvalue weighted by Crippen LogP contribution is -2.42. The lowest BCUT2D eigenvalue weighted by molar-refractivity contribution is 0.162. The number of hydrogen-bond donors (Lipinski definition) is 0. The molecule has 3 aliphatic rings. The van der Waals surface area contributed by atoms with Gasteiger partial charge in [-0.15, -0.1) is 0 Å². The number of rotatable bonds is 1. The molecule has 3 aliphatic carbocycles. The first-order valence-corrected chi connectivity index (χ1v) is 8.72. The SMILES string of the molecule is CCC1(C)CC=C2C(CC=C3C(C)(C)CCC[C@]23C)C1. The molecular formula is C20H32. The monoisotopic (exact) mass is 272 g/mol. The maximum atomic E-state index is 2.66. The van der Waals surface area contributed by atoms with Crippen molar-refractivity contribution in [2.75, 3.05) is 0 Å². The first-order chi connectivity index (χ1) is 9.31. The van der Waals surface area contributed by atoms with Gasteiger partial charge in [-0.2, -0.15) is 0 Å². The average molecular weight is 272 g/mol. The van der Waals surface area contributed by atoms with Gasteiger partial charge < -0.3 is 0 Å². The second kappa shape index (κ2) is 4.49. The quantitative estimate of drug-likeness (QED) is 0.492. The first kappa shape index (κ1) is 14.4. The highest BCUT2D eigenvalue weighted by Gasteiger charge is 2.49. The fourth-order valence-corrected chi connectivity index (χ4v) is 5.45. The van der Waals surface area contributed by atoms with E-state index in [1.165, 1.54) is 44.9 Å². The van der Waals surface area contributed by atoms with Gasteiger partial charge in [-0.05, 0) is 48.9 Å². The largest absolute Gasteiger partial charge is 0.0836 e. The Morgan fingerprint density at radius 1 is 1.10 bits per heavy atom. The molecule has 2 unspecified atom stereocenters. The Balaban J connectivity index is 2.00. The number of allylic oxidation sites excluding steroid dienone is 4. The van der Waals surface area contributed by atoms with Crippen molar-refractivity contribution in [2.24, 2.45) is 22.2 Å². The Labute approximate surface area is 125 Å². The summed E-state index contributed by atoms with van der Waals surface area (Å²) in [6.45, 7) is 12.3. The summed E-state index contributed by atoms with van der Waals surface area (Å²) in [5.41, 5.74) is 4.94. The van der Waals surface area contributed by atoms with Gasteiger partial charge in [0.25, 0.3) is 0 Å². The maximum absolute atomic E-state index is 2.66. The fourth-order valence-electron chi connectivity index (χ4n) is 5.45. The Hall–Kier alpha value is -0.520. The van der Waals surface area contributed by atoms with Crippen LogP contribution in [0.1, 0.15) is 79.6 Å². The molecule has 0 amide bonds.